The second-order valence-corrected chi connectivity index (χ2v) is 14.8. The molecule has 2 saturated heterocycles. The van der Waals surface area contributed by atoms with E-state index in [0.29, 0.717) is 31.3 Å². The maximum atomic E-state index is 14.3. The van der Waals surface area contributed by atoms with Crippen LogP contribution in [0.3, 0.4) is 0 Å². The first-order chi connectivity index (χ1) is 24.1. The molecule has 1 amide bonds. The van der Waals surface area contributed by atoms with Crippen LogP contribution in [0.15, 0.2) is 41.3 Å². The van der Waals surface area contributed by atoms with E-state index < -0.39 is 47.7 Å². The molecule has 2 fully saturated rings. The fourth-order valence-corrected chi connectivity index (χ4v) is 8.29. The number of rotatable bonds is 12. The first-order valence-electron chi connectivity index (χ1n) is 17.7. The summed E-state index contributed by atoms with van der Waals surface area (Å²) in [5.74, 6) is -2.31. The van der Waals surface area contributed by atoms with Crippen molar-refractivity contribution in [3.05, 3.63) is 91.6 Å². The average molecular weight is 712 g/mol. The van der Waals surface area contributed by atoms with E-state index in [1.807, 2.05) is 39.8 Å². The predicted molar refractivity (Wildman–Crippen MR) is 184 cm³/mol. The number of likely N-dealkylation sites (tertiary alicyclic amines) is 1. The normalized spacial score (nSPS) is 19.8. The highest BCUT2D eigenvalue weighted by molar-refractivity contribution is 5.82. The number of aliphatic carboxylic acids is 1. The predicted octanol–water partition coefficient (Wildman–Crippen LogP) is 6.71. The summed E-state index contributed by atoms with van der Waals surface area (Å²) in [7, 11) is 0. The third-order valence-corrected chi connectivity index (χ3v) is 10.6. The Morgan fingerprint density at radius 2 is 1.80 bits per heavy atom. The van der Waals surface area contributed by atoms with Crippen molar-refractivity contribution in [1.82, 2.24) is 14.8 Å². The molecule has 2 aliphatic heterocycles. The number of benzene rings is 2. The van der Waals surface area contributed by atoms with Crippen LogP contribution in [0.2, 0.25) is 0 Å². The van der Waals surface area contributed by atoms with Crippen LogP contribution in [-0.2, 0) is 39.8 Å². The van der Waals surface area contributed by atoms with Gasteiger partial charge in [-0.05, 0) is 121 Å². The number of nitrogens with zero attached hydrogens (tertiary/aromatic N) is 2. The first-order valence-corrected chi connectivity index (χ1v) is 17.7. The number of morpholine rings is 1. The lowest BCUT2D eigenvalue weighted by Crippen LogP contribution is -2.41. The van der Waals surface area contributed by atoms with Crippen molar-refractivity contribution in [1.29, 1.82) is 0 Å². The van der Waals surface area contributed by atoms with Gasteiger partial charge in [0.2, 0.25) is 5.91 Å². The minimum absolute atomic E-state index is 0.0239. The Balaban J connectivity index is 1.36. The Bertz CT molecular complexity index is 1860. The first kappa shape index (κ1) is 36.8. The fraction of sp³-hybridized carbons (Fsp3) is 0.513. The van der Waals surface area contributed by atoms with Crippen molar-refractivity contribution >= 4 is 11.9 Å². The smallest absolute Gasteiger partial charge is 0.416 e. The third-order valence-electron chi connectivity index (χ3n) is 10.6. The maximum absolute atomic E-state index is 14.3. The molecule has 1 aromatic heterocycles. The van der Waals surface area contributed by atoms with E-state index in [0.717, 1.165) is 63.6 Å². The van der Waals surface area contributed by atoms with Crippen molar-refractivity contribution in [3.8, 4) is 11.1 Å². The number of ether oxygens (including phenoxy) is 1. The summed E-state index contributed by atoms with van der Waals surface area (Å²) >= 11 is 0. The number of carbonyl (C=O) groups excluding carboxylic acids is 1. The van der Waals surface area contributed by atoms with E-state index in [1.54, 1.807) is 0 Å². The van der Waals surface area contributed by atoms with Crippen molar-refractivity contribution < 1.29 is 37.0 Å². The molecule has 0 radical (unpaired) electrons. The molecule has 3 aromatic rings. The van der Waals surface area contributed by atoms with Gasteiger partial charge in [0.1, 0.15) is 11.9 Å². The Hall–Kier alpha value is -4.03. The quantitative estimate of drug-likeness (QED) is 0.203. The summed E-state index contributed by atoms with van der Waals surface area (Å²) in [6.07, 6.45) is -0.531. The van der Waals surface area contributed by atoms with Crippen molar-refractivity contribution in [3.63, 3.8) is 0 Å². The number of aromatic nitrogens is 1. The van der Waals surface area contributed by atoms with Crippen LogP contribution in [0, 0.1) is 25.6 Å². The largest absolute Gasteiger partial charge is 0.481 e. The van der Waals surface area contributed by atoms with Crippen LogP contribution in [0.1, 0.15) is 90.6 Å². The van der Waals surface area contributed by atoms with Crippen LogP contribution in [0.25, 0.3) is 11.1 Å². The van der Waals surface area contributed by atoms with Crippen molar-refractivity contribution in [2.75, 3.05) is 19.7 Å². The third kappa shape index (κ3) is 7.91. The van der Waals surface area contributed by atoms with Gasteiger partial charge in [0.15, 0.2) is 0 Å². The lowest BCUT2D eigenvalue weighted by atomic mass is 9.87. The molecule has 12 heteroatoms. The molecule has 1 aliphatic carbocycles. The number of fused-ring (bicyclic) bond motifs is 3. The van der Waals surface area contributed by atoms with Gasteiger partial charge in [0.05, 0.1) is 30.7 Å². The van der Waals surface area contributed by atoms with Gasteiger partial charge in [-0.3, -0.25) is 19.3 Å². The van der Waals surface area contributed by atoms with E-state index >= 15 is 0 Å². The fourth-order valence-electron chi connectivity index (χ4n) is 8.29. The van der Waals surface area contributed by atoms with Crippen molar-refractivity contribution in [2.45, 2.75) is 103 Å². The SMILES string of the molecule is Cc1cc(F)cc(C)c1-c1cc([C@@H](CC(=O)O)NC(=O)[C@@H](CC(C)C)n2cc(CCN3C[C@H]4C[C@@H]3CO4)c(C(F)(F)F)cc2=O)cc2c1CCC2. The van der Waals surface area contributed by atoms with Crippen LogP contribution >= 0.6 is 0 Å². The Morgan fingerprint density at radius 3 is 2.41 bits per heavy atom. The van der Waals surface area contributed by atoms with Crippen LogP contribution in [0.5, 0.6) is 0 Å². The second-order valence-electron chi connectivity index (χ2n) is 14.8. The number of halogens is 4. The highest BCUT2D eigenvalue weighted by Gasteiger charge is 2.40. The number of carboxylic acid groups (broad SMARTS) is 1. The number of hydrogen-bond acceptors (Lipinski definition) is 5. The lowest BCUT2D eigenvalue weighted by Gasteiger charge is -2.28. The molecule has 0 spiro atoms. The molecular formula is C39H45F4N3O5. The number of nitrogens with one attached hydrogen (secondary N) is 1. The number of alkyl halides is 3. The molecule has 2 N–H and O–H groups in total. The van der Waals surface area contributed by atoms with Crippen LogP contribution < -0.4 is 10.9 Å². The number of carbonyl (C=O) groups is 2. The second kappa shape index (κ2) is 14.5. The van der Waals surface area contributed by atoms with E-state index in [9.17, 15) is 37.1 Å². The molecule has 6 rings (SSSR count). The molecule has 2 aromatic carbocycles. The zero-order valence-corrected chi connectivity index (χ0v) is 29.4. The summed E-state index contributed by atoms with van der Waals surface area (Å²) in [6.45, 7) is 8.86. The molecule has 8 nitrogen and oxygen atoms in total. The number of hydrogen-bond donors (Lipinski definition) is 2. The Morgan fingerprint density at radius 1 is 1.08 bits per heavy atom. The minimum atomic E-state index is -4.77. The molecule has 51 heavy (non-hydrogen) atoms. The number of carboxylic acids is 1. The van der Waals surface area contributed by atoms with E-state index in [1.165, 1.54) is 18.3 Å². The number of aryl methyl sites for hydroxylation is 3. The van der Waals surface area contributed by atoms with E-state index in [4.69, 9.17) is 4.74 Å². The molecular weight excluding hydrogens is 666 g/mol. The minimum Gasteiger partial charge on any atom is -0.481 e. The van der Waals surface area contributed by atoms with Gasteiger partial charge in [0.25, 0.3) is 5.56 Å². The van der Waals surface area contributed by atoms with Gasteiger partial charge in [0, 0.05) is 31.4 Å². The van der Waals surface area contributed by atoms with Gasteiger partial charge in [-0.1, -0.05) is 19.9 Å². The van der Waals surface area contributed by atoms with Gasteiger partial charge in [-0.25, -0.2) is 4.39 Å². The standard InChI is InChI=1S/C39H45F4N3O5/c1-21(2)10-34(46-18-25(32(16-35(46)47)39(41,42)43)8-9-45-19-29-15-28(45)20-51-29)38(50)44-33(17-36(48)49)26-13-24-6-5-7-30(24)31(14-26)37-22(3)11-27(40)12-23(37)4/h11-14,16,18,21,28-29,33-34H,5-10,15,17,19-20H2,1-4H3,(H,44,50)(H,48,49)/t28-,29-,33-,34-/m1/s1. The van der Waals surface area contributed by atoms with Gasteiger partial charge in [-0.15, -0.1) is 0 Å². The van der Waals surface area contributed by atoms with Crippen LogP contribution in [0.4, 0.5) is 17.6 Å². The molecule has 4 atom stereocenters. The highest BCUT2D eigenvalue weighted by Crippen LogP contribution is 2.39. The monoisotopic (exact) mass is 711 g/mol. The zero-order valence-electron chi connectivity index (χ0n) is 29.4. The topological polar surface area (TPSA) is 101 Å². The van der Waals surface area contributed by atoms with E-state index in [-0.39, 0.29) is 42.3 Å². The molecule has 0 unspecified atom stereocenters. The molecule has 0 saturated carbocycles. The summed E-state index contributed by atoms with van der Waals surface area (Å²) in [4.78, 5) is 42.0. The summed E-state index contributed by atoms with van der Waals surface area (Å²) in [6, 6.07) is 5.21. The summed E-state index contributed by atoms with van der Waals surface area (Å²) in [5, 5.41) is 12.8. The van der Waals surface area contributed by atoms with Gasteiger partial charge >= 0.3 is 12.1 Å². The Kier molecular flexibility index (Phi) is 10.5. The van der Waals surface area contributed by atoms with Gasteiger partial charge < -0.3 is 19.7 Å². The van der Waals surface area contributed by atoms with E-state index in [2.05, 4.69) is 10.2 Å². The molecule has 3 aliphatic rings. The average Bonchev–Trinajstić information content (AvgIpc) is 3.79. The van der Waals surface area contributed by atoms with Crippen molar-refractivity contribution in [2.24, 2.45) is 5.92 Å². The molecule has 3 heterocycles. The summed E-state index contributed by atoms with van der Waals surface area (Å²) in [5.41, 5.74) is 3.80. The Labute approximate surface area is 294 Å². The summed E-state index contributed by atoms with van der Waals surface area (Å²) < 4.78 is 63.7. The van der Waals surface area contributed by atoms with Crippen LogP contribution in [-0.4, -0.2) is 58.3 Å². The maximum Gasteiger partial charge on any atom is 0.416 e. The lowest BCUT2D eigenvalue weighted by molar-refractivity contribution is -0.139. The van der Waals surface area contributed by atoms with Gasteiger partial charge in [-0.2, -0.15) is 13.2 Å². The number of pyridine rings is 1. The molecule has 274 valence electrons. The number of amides is 1. The molecule has 2 bridgehead atoms. The zero-order chi connectivity index (χ0) is 36.8. The highest BCUT2D eigenvalue weighted by atomic mass is 19.4.